The average molecular weight is 236 g/mol. The van der Waals surface area contributed by atoms with Gasteiger partial charge in [0.15, 0.2) is 5.78 Å². The monoisotopic (exact) mass is 236 g/mol. The molecule has 0 amide bonds. The second-order valence-electron chi connectivity index (χ2n) is 4.24. The average Bonchev–Trinajstić information content (AvgIpc) is 2.31. The quantitative estimate of drug-likeness (QED) is 0.553. The lowest BCUT2D eigenvalue weighted by molar-refractivity contribution is -0.143. The summed E-state index contributed by atoms with van der Waals surface area (Å²) >= 11 is 0. The zero-order valence-electron chi connectivity index (χ0n) is 9.75. The van der Waals surface area contributed by atoms with Crippen LogP contribution in [0.3, 0.4) is 0 Å². The Morgan fingerprint density at radius 1 is 1.47 bits per heavy atom. The molecule has 0 saturated carbocycles. The van der Waals surface area contributed by atoms with Crippen LogP contribution in [0.2, 0.25) is 0 Å². The van der Waals surface area contributed by atoms with Crippen LogP contribution >= 0.6 is 0 Å². The van der Waals surface area contributed by atoms with Gasteiger partial charge in [-0.05, 0) is 43.0 Å². The fourth-order valence-electron chi connectivity index (χ4n) is 2.14. The van der Waals surface area contributed by atoms with Gasteiger partial charge in [0, 0.05) is 5.56 Å². The van der Waals surface area contributed by atoms with Gasteiger partial charge in [-0.1, -0.05) is 0 Å². The van der Waals surface area contributed by atoms with Gasteiger partial charge >= 0.3 is 5.97 Å². The van der Waals surface area contributed by atoms with Gasteiger partial charge < -0.3 is 4.74 Å². The number of esters is 1. The van der Waals surface area contributed by atoms with Gasteiger partial charge in [-0.2, -0.15) is 0 Å². The molecule has 1 aliphatic carbocycles. The van der Waals surface area contributed by atoms with E-state index < -0.39 is 11.9 Å². The predicted octanol–water partition coefficient (Wildman–Crippen LogP) is 2.05. The molecule has 1 unspecified atom stereocenters. The van der Waals surface area contributed by atoms with Crippen LogP contribution in [-0.4, -0.2) is 18.9 Å². The number of ketones is 1. The van der Waals surface area contributed by atoms with Gasteiger partial charge in [0.05, 0.1) is 7.11 Å². The summed E-state index contributed by atoms with van der Waals surface area (Å²) in [6, 6.07) is 2.90. The maximum Gasteiger partial charge on any atom is 0.316 e. The van der Waals surface area contributed by atoms with E-state index in [2.05, 4.69) is 4.74 Å². The van der Waals surface area contributed by atoms with Crippen molar-refractivity contribution in [3.05, 3.63) is 34.6 Å². The number of methoxy groups -OCH3 is 1. The zero-order valence-corrected chi connectivity index (χ0v) is 9.75. The summed E-state index contributed by atoms with van der Waals surface area (Å²) in [6.45, 7) is 1.60. The molecule has 0 aromatic heterocycles. The minimum Gasteiger partial charge on any atom is -0.468 e. The van der Waals surface area contributed by atoms with Crippen LogP contribution in [0.1, 0.15) is 27.9 Å². The van der Waals surface area contributed by atoms with E-state index in [0.717, 1.165) is 0 Å². The normalized spacial score (nSPS) is 18.8. The van der Waals surface area contributed by atoms with Crippen molar-refractivity contribution in [1.82, 2.24) is 0 Å². The highest BCUT2D eigenvalue weighted by Gasteiger charge is 2.33. The number of fused-ring (bicyclic) bond motifs is 1. The van der Waals surface area contributed by atoms with Crippen molar-refractivity contribution in [2.75, 3.05) is 7.11 Å². The number of halogens is 1. The molecule has 0 heterocycles. The Bertz CT molecular complexity index is 494. The smallest absolute Gasteiger partial charge is 0.316 e. The topological polar surface area (TPSA) is 43.4 Å². The van der Waals surface area contributed by atoms with E-state index in [1.165, 1.54) is 19.2 Å². The van der Waals surface area contributed by atoms with Crippen LogP contribution in [0, 0.1) is 18.7 Å². The van der Waals surface area contributed by atoms with E-state index in [0.29, 0.717) is 29.5 Å². The van der Waals surface area contributed by atoms with E-state index in [4.69, 9.17) is 0 Å². The zero-order chi connectivity index (χ0) is 12.6. The number of carbonyl (C=O) groups is 2. The second-order valence-corrected chi connectivity index (χ2v) is 4.24. The van der Waals surface area contributed by atoms with Crippen molar-refractivity contribution < 1.29 is 18.7 Å². The van der Waals surface area contributed by atoms with Crippen LogP contribution in [0.15, 0.2) is 12.1 Å². The Balaban J connectivity index is 2.42. The molecular weight excluding hydrogens is 223 g/mol. The van der Waals surface area contributed by atoms with Crippen LogP contribution < -0.4 is 0 Å². The van der Waals surface area contributed by atoms with Gasteiger partial charge in [-0.25, -0.2) is 4.39 Å². The highest BCUT2D eigenvalue weighted by atomic mass is 19.1. The first-order chi connectivity index (χ1) is 8.04. The van der Waals surface area contributed by atoms with E-state index in [1.54, 1.807) is 6.92 Å². The summed E-state index contributed by atoms with van der Waals surface area (Å²) in [6.07, 6.45) is 0.916. The first kappa shape index (κ1) is 11.8. The lowest BCUT2D eigenvalue weighted by Gasteiger charge is -2.21. The van der Waals surface area contributed by atoms with E-state index in [9.17, 15) is 14.0 Å². The lowest BCUT2D eigenvalue weighted by Crippen LogP contribution is -2.30. The molecule has 1 aliphatic rings. The van der Waals surface area contributed by atoms with Gasteiger partial charge in [-0.3, -0.25) is 9.59 Å². The van der Waals surface area contributed by atoms with Crippen molar-refractivity contribution in [2.45, 2.75) is 19.8 Å². The third-order valence-electron chi connectivity index (χ3n) is 3.15. The standard InChI is InChI=1S/C13H13FO3/c1-7-5-10-8(6-11(7)14)3-4-9(12(10)15)13(16)17-2/h5-6,9H,3-4H2,1-2H3. The first-order valence-electron chi connectivity index (χ1n) is 5.45. The Labute approximate surface area is 98.6 Å². The minimum atomic E-state index is -0.739. The molecular formula is C13H13FO3. The van der Waals surface area contributed by atoms with E-state index in [1.807, 2.05) is 0 Å². The molecule has 0 N–H and O–H groups in total. The molecule has 0 aliphatic heterocycles. The fraction of sp³-hybridized carbons (Fsp3) is 0.385. The molecule has 0 radical (unpaired) electrons. The lowest BCUT2D eigenvalue weighted by atomic mass is 9.82. The Hall–Kier alpha value is -1.71. The molecule has 1 aromatic rings. The summed E-state index contributed by atoms with van der Waals surface area (Å²) in [7, 11) is 1.26. The fourth-order valence-corrected chi connectivity index (χ4v) is 2.14. The third kappa shape index (κ3) is 1.95. The van der Waals surface area contributed by atoms with Crippen molar-refractivity contribution in [2.24, 2.45) is 5.92 Å². The molecule has 17 heavy (non-hydrogen) atoms. The maximum atomic E-state index is 13.4. The Morgan fingerprint density at radius 3 is 2.82 bits per heavy atom. The van der Waals surface area contributed by atoms with Crippen molar-refractivity contribution in [1.29, 1.82) is 0 Å². The largest absolute Gasteiger partial charge is 0.468 e. The van der Waals surface area contributed by atoms with Crippen LogP contribution in [0.5, 0.6) is 0 Å². The predicted molar refractivity (Wildman–Crippen MR) is 59.3 cm³/mol. The number of hydrogen-bond donors (Lipinski definition) is 0. The molecule has 0 bridgehead atoms. The summed E-state index contributed by atoms with van der Waals surface area (Å²) in [5.74, 6) is -1.82. The summed E-state index contributed by atoms with van der Waals surface area (Å²) in [4.78, 5) is 23.5. The summed E-state index contributed by atoms with van der Waals surface area (Å²) < 4.78 is 17.9. The molecule has 1 atom stereocenters. The number of Topliss-reactive ketones (excluding diaryl/α,β-unsaturated/α-hetero) is 1. The number of ether oxygens (including phenoxy) is 1. The van der Waals surface area contributed by atoms with Gasteiger partial charge in [0.2, 0.25) is 0 Å². The van der Waals surface area contributed by atoms with Gasteiger partial charge in [0.1, 0.15) is 11.7 Å². The molecule has 90 valence electrons. The van der Waals surface area contributed by atoms with E-state index in [-0.39, 0.29) is 11.6 Å². The van der Waals surface area contributed by atoms with Gasteiger partial charge in [0.25, 0.3) is 0 Å². The number of aryl methyl sites for hydroxylation is 2. The number of carbonyl (C=O) groups excluding carboxylic acids is 2. The van der Waals surface area contributed by atoms with Gasteiger partial charge in [-0.15, -0.1) is 0 Å². The highest BCUT2D eigenvalue weighted by molar-refractivity contribution is 6.10. The minimum absolute atomic E-state index is 0.263. The molecule has 0 spiro atoms. The maximum absolute atomic E-state index is 13.4. The number of rotatable bonds is 1. The summed E-state index contributed by atoms with van der Waals surface area (Å²) in [5, 5.41) is 0. The molecule has 1 aromatic carbocycles. The van der Waals surface area contributed by atoms with Crippen LogP contribution in [0.4, 0.5) is 4.39 Å². The van der Waals surface area contributed by atoms with Crippen molar-refractivity contribution in [3.63, 3.8) is 0 Å². The molecule has 3 nitrogen and oxygen atoms in total. The summed E-state index contributed by atoms with van der Waals surface area (Å²) in [5.41, 5.74) is 1.55. The highest BCUT2D eigenvalue weighted by Crippen LogP contribution is 2.28. The third-order valence-corrected chi connectivity index (χ3v) is 3.15. The molecule has 0 saturated heterocycles. The number of hydrogen-bond acceptors (Lipinski definition) is 3. The van der Waals surface area contributed by atoms with Crippen LogP contribution in [-0.2, 0) is 16.0 Å². The van der Waals surface area contributed by atoms with Crippen molar-refractivity contribution in [3.8, 4) is 0 Å². The molecule has 4 heteroatoms. The number of benzene rings is 1. The molecule has 0 fully saturated rings. The Kier molecular flexibility index (Phi) is 2.96. The SMILES string of the molecule is COC(=O)C1CCc2cc(F)c(C)cc2C1=O. The second kappa shape index (κ2) is 4.28. The molecule has 2 rings (SSSR count). The van der Waals surface area contributed by atoms with Crippen molar-refractivity contribution >= 4 is 11.8 Å². The van der Waals surface area contributed by atoms with Crippen LogP contribution in [0.25, 0.3) is 0 Å². The van der Waals surface area contributed by atoms with E-state index >= 15 is 0 Å². The Morgan fingerprint density at radius 2 is 2.18 bits per heavy atom. The first-order valence-corrected chi connectivity index (χ1v) is 5.45.